The number of hydrogen-bond donors (Lipinski definition) is 1. The third-order valence-corrected chi connectivity index (χ3v) is 3.80. The molecule has 1 fully saturated rings. The number of rotatable bonds is 4. The molecule has 1 aromatic rings. The highest BCUT2D eigenvalue weighted by Gasteiger charge is 2.24. The summed E-state index contributed by atoms with van der Waals surface area (Å²) in [6.45, 7) is 2.25. The van der Waals surface area contributed by atoms with Gasteiger partial charge in [-0.05, 0) is 49.8 Å². The maximum absolute atomic E-state index is 3.40. The molecule has 2 unspecified atom stereocenters. The summed E-state index contributed by atoms with van der Waals surface area (Å²) in [6, 6.07) is 9.96. The molecule has 0 amide bonds. The van der Waals surface area contributed by atoms with Gasteiger partial charge in [0.1, 0.15) is 0 Å². The zero-order valence-electron chi connectivity index (χ0n) is 10.5. The minimum absolute atomic E-state index is 0.736. The van der Waals surface area contributed by atoms with Crippen LogP contribution in [0.15, 0.2) is 24.3 Å². The van der Waals surface area contributed by atoms with Gasteiger partial charge in [-0.25, -0.2) is 0 Å². The van der Waals surface area contributed by atoms with Gasteiger partial charge in [0, 0.05) is 6.04 Å². The Bertz CT molecular complexity index is 332. The van der Waals surface area contributed by atoms with Crippen LogP contribution in [0.4, 0.5) is 0 Å². The third-order valence-electron chi connectivity index (χ3n) is 3.80. The van der Waals surface area contributed by atoms with E-state index in [4.69, 9.17) is 0 Å². The van der Waals surface area contributed by atoms with Crippen LogP contribution in [0.25, 0.3) is 0 Å². The quantitative estimate of drug-likeness (QED) is 0.814. The summed E-state index contributed by atoms with van der Waals surface area (Å²) in [6.07, 6.45) is 6.45. The van der Waals surface area contributed by atoms with Crippen molar-refractivity contribution in [3.05, 3.63) is 35.4 Å². The molecule has 0 aliphatic heterocycles. The van der Waals surface area contributed by atoms with Gasteiger partial charge >= 0.3 is 0 Å². The smallest absolute Gasteiger partial charge is 0.00701 e. The van der Waals surface area contributed by atoms with Gasteiger partial charge in [-0.15, -0.1) is 0 Å². The van der Waals surface area contributed by atoms with E-state index in [1.54, 1.807) is 5.56 Å². The van der Waals surface area contributed by atoms with Gasteiger partial charge in [-0.1, -0.05) is 37.6 Å². The molecule has 0 saturated heterocycles. The molecule has 1 heteroatoms. The first-order valence-electron chi connectivity index (χ1n) is 6.59. The summed E-state index contributed by atoms with van der Waals surface area (Å²) < 4.78 is 0. The topological polar surface area (TPSA) is 12.0 Å². The van der Waals surface area contributed by atoms with Crippen LogP contribution in [-0.2, 0) is 6.42 Å². The van der Waals surface area contributed by atoms with Crippen molar-refractivity contribution in [1.82, 2.24) is 5.32 Å². The largest absolute Gasteiger partial charge is 0.317 e. The third kappa shape index (κ3) is 2.65. The molecule has 1 N–H and O–H groups in total. The second-order valence-electron chi connectivity index (χ2n) is 4.99. The van der Waals surface area contributed by atoms with Crippen molar-refractivity contribution >= 4 is 0 Å². The summed E-state index contributed by atoms with van der Waals surface area (Å²) in [4.78, 5) is 0. The average Bonchev–Trinajstić information content (AvgIpc) is 2.78. The molecule has 1 aliphatic rings. The second kappa shape index (κ2) is 5.49. The van der Waals surface area contributed by atoms with Crippen LogP contribution in [0, 0.1) is 0 Å². The minimum Gasteiger partial charge on any atom is -0.317 e. The normalized spacial score (nSPS) is 24.9. The fraction of sp³-hybridized carbons (Fsp3) is 0.600. The predicted molar refractivity (Wildman–Crippen MR) is 69.9 cm³/mol. The number of benzene rings is 1. The lowest BCUT2D eigenvalue weighted by molar-refractivity contribution is 0.572. The van der Waals surface area contributed by atoms with Gasteiger partial charge in [0.05, 0.1) is 0 Å². The Kier molecular flexibility index (Phi) is 4.00. The Morgan fingerprint density at radius 1 is 1.31 bits per heavy atom. The van der Waals surface area contributed by atoms with Crippen LogP contribution in [0.3, 0.4) is 0 Å². The summed E-state index contributed by atoms with van der Waals surface area (Å²) in [5.74, 6) is 0.786. The second-order valence-corrected chi connectivity index (χ2v) is 4.99. The van der Waals surface area contributed by atoms with Gasteiger partial charge in [0.2, 0.25) is 0 Å². The van der Waals surface area contributed by atoms with Crippen molar-refractivity contribution in [1.29, 1.82) is 0 Å². The summed E-state index contributed by atoms with van der Waals surface area (Å²) >= 11 is 0. The van der Waals surface area contributed by atoms with E-state index in [1.807, 2.05) is 0 Å². The first-order valence-corrected chi connectivity index (χ1v) is 6.59. The highest BCUT2D eigenvalue weighted by atomic mass is 14.9. The summed E-state index contributed by atoms with van der Waals surface area (Å²) in [7, 11) is 2.08. The molecule has 1 nitrogen and oxygen atoms in total. The predicted octanol–water partition coefficient (Wildman–Crippen LogP) is 3.49. The molecular weight excluding hydrogens is 194 g/mol. The van der Waals surface area contributed by atoms with Crippen LogP contribution >= 0.6 is 0 Å². The molecule has 1 saturated carbocycles. The number of hydrogen-bond acceptors (Lipinski definition) is 1. The molecule has 0 bridgehead atoms. The number of nitrogens with one attached hydrogen (secondary N) is 1. The molecule has 16 heavy (non-hydrogen) atoms. The fourth-order valence-corrected chi connectivity index (χ4v) is 2.84. The maximum Gasteiger partial charge on any atom is 0.00701 e. The standard InChI is InChI=1S/C15H23N/c1-3-5-12-6-4-7-13(10-12)14-8-9-15(11-14)16-2/h4,6-7,10,14-16H,3,5,8-9,11H2,1-2H3. The Balaban J connectivity index is 2.06. The Morgan fingerprint density at radius 2 is 2.19 bits per heavy atom. The Morgan fingerprint density at radius 3 is 2.88 bits per heavy atom. The first-order chi connectivity index (χ1) is 7.83. The van der Waals surface area contributed by atoms with E-state index in [9.17, 15) is 0 Å². The lowest BCUT2D eigenvalue weighted by atomic mass is 9.95. The van der Waals surface area contributed by atoms with Crippen LogP contribution in [0.5, 0.6) is 0 Å². The van der Waals surface area contributed by atoms with E-state index in [0.717, 1.165) is 12.0 Å². The first kappa shape index (κ1) is 11.7. The zero-order chi connectivity index (χ0) is 11.4. The summed E-state index contributed by atoms with van der Waals surface area (Å²) in [5, 5.41) is 3.40. The van der Waals surface area contributed by atoms with Crippen molar-refractivity contribution in [2.24, 2.45) is 0 Å². The molecule has 0 heterocycles. The van der Waals surface area contributed by atoms with Crippen LogP contribution in [0.2, 0.25) is 0 Å². The monoisotopic (exact) mass is 217 g/mol. The van der Waals surface area contributed by atoms with Crippen molar-refractivity contribution in [2.75, 3.05) is 7.05 Å². The molecule has 1 aliphatic carbocycles. The minimum atomic E-state index is 0.736. The molecule has 1 aromatic carbocycles. The maximum atomic E-state index is 3.40. The van der Waals surface area contributed by atoms with Crippen molar-refractivity contribution in [3.63, 3.8) is 0 Å². The van der Waals surface area contributed by atoms with Gasteiger partial charge in [0.15, 0.2) is 0 Å². The number of aryl methyl sites for hydroxylation is 1. The van der Waals surface area contributed by atoms with Crippen LogP contribution < -0.4 is 5.32 Å². The Labute approximate surface area is 99.3 Å². The van der Waals surface area contributed by atoms with Crippen LogP contribution in [0.1, 0.15) is 49.7 Å². The van der Waals surface area contributed by atoms with E-state index >= 15 is 0 Å². The molecule has 2 atom stereocenters. The lowest BCUT2D eigenvalue weighted by Gasteiger charge is -2.12. The van der Waals surface area contributed by atoms with E-state index in [-0.39, 0.29) is 0 Å². The molecule has 2 rings (SSSR count). The molecule has 0 spiro atoms. The molecule has 0 radical (unpaired) electrons. The highest BCUT2D eigenvalue weighted by Crippen LogP contribution is 2.34. The van der Waals surface area contributed by atoms with Crippen molar-refractivity contribution < 1.29 is 0 Å². The van der Waals surface area contributed by atoms with Gasteiger partial charge in [-0.2, -0.15) is 0 Å². The van der Waals surface area contributed by atoms with E-state index < -0.39 is 0 Å². The lowest BCUT2D eigenvalue weighted by Crippen LogP contribution is -2.21. The molecule has 0 aromatic heterocycles. The van der Waals surface area contributed by atoms with E-state index in [2.05, 4.69) is 43.6 Å². The molecule has 88 valence electrons. The van der Waals surface area contributed by atoms with Crippen molar-refractivity contribution in [2.45, 2.75) is 51.0 Å². The van der Waals surface area contributed by atoms with Gasteiger partial charge < -0.3 is 5.32 Å². The van der Waals surface area contributed by atoms with E-state index in [1.165, 1.54) is 37.7 Å². The fourth-order valence-electron chi connectivity index (χ4n) is 2.84. The van der Waals surface area contributed by atoms with E-state index in [0.29, 0.717) is 0 Å². The Hall–Kier alpha value is -0.820. The van der Waals surface area contributed by atoms with Gasteiger partial charge in [0.25, 0.3) is 0 Å². The van der Waals surface area contributed by atoms with Crippen LogP contribution in [-0.4, -0.2) is 13.1 Å². The molecular formula is C15H23N. The average molecular weight is 217 g/mol. The van der Waals surface area contributed by atoms with Gasteiger partial charge in [-0.3, -0.25) is 0 Å². The zero-order valence-corrected chi connectivity index (χ0v) is 10.5. The summed E-state index contributed by atoms with van der Waals surface area (Å²) in [5.41, 5.74) is 3.07. The highest BCUT2D eigenvalue weighted by molar-refractivity contribution is 5.27. The van der Waals surface area contributed by atoms with Crippen molar-refractivity contribution in [3.8, 4) is 0 Å². The SMILES string of the molecule is CCCc1cccc(C2CCC(NC)C2)c1.